The summed E-state index contributed by atoms with van der Waals surface area (Å²) in [6, 6.07) is 9.73. The summed E-state index contributed by atoms with van der Waals surface area (Å²) in [4.78, 5) is 0. The Morgan fingerprint density at radius 3 is 2.58 bits per heavy atom. The van der Waals surface area contributed by atoms with E-state index in [9.17, 15) is 0 Å². The molecule has 1 aromatic rings. The van der Waals surface area contributed by atoms with Crippen LogP contribution in [0.4, 0.5) is 0 Å². The van der Waals surface area contributed by atoms with E-state index >= 15 is 0 Å². The Kier molecular flexibility index (Phi) is 4.24. The molecule has 0 spiro atoms. The zero-order chi connectivity index (χ0) is 8.65. The molecule has 0 N–H and O–H groups in total. The Labute approximate surface area is 73.1 Å². The van der Waals surface area contributed by atoms with Crippen molar-refractivity contribution in [2.45, 2.75) is 0 Å². The van der Waals surface area contributed by atoms with Crippen molar-refractivity contribution in [1.82, 2.24) is 0 Å². The van der Waals surface area contributed by atoms with Crippen molar-refractivity contribution in [1.29, 1.82) is 0 Å². The fourth-order valence-corrected chi connectivity index (χ4v) is 0.838. The Morgan fingerprint density at radius 1 is 1.17 bits per heavy atom. The van der Waals surface area contributed by atoms with Crippen molar-refractivity contribution in [2.75, 3.05) is 20.3 Å². The molecule has 0 unspecified atom stereocenters. The summed E-state index contributed by atoms with van der Waals surface area (Å²) in [6.07, 6.45) is 1.94. The van der Waals surface area contributed by atoms with Gasteiger partial charge in [0, 0.05) is 13.5 Å². The average Bonchev–Trinajstić information content (AvgIpc) is 2.14. The Balaban J connectivity index is 2.16. The highest BCUT2D eigenvalue weighted by Crippen LogP contribution is 2.07. The van der Waals surface area contributed by atoms with E-state index in [0.29, 0.717) is 13.2 Å². The van der Waals surface area contributed by atoms with Crippen LogP contribution < -0.4 is 4.74 Å². The van der Waals surface area contributed by atoms with E-state index < -0.39 is 0 Å². The standard InChI is InChI=1S/C10H13O2/c1-11-8-5-9-12-10-6-3-2-4-7-10/h2-7H,8-9H2,1H3. The maximum Gasteiger partial charge on any atom is 0.119 e. The second kappa shape index (κ2) is 5.61. The van der Waals surface area contributed by atoms with Gasteiger partial charge < -0.3 is 9.47 Å². The number of para-hydroxylation sites is 1. The topological polar surface area (TPSA) is 18.5 Å². The van der Waals surface area contributed by atoms with Gasteiger partial charge in [0.1, 0.15) is 5.75 Å². The van der Waals surface area contributed by atoms with Crippen LogP contribution in [0.1, 0.15) is 0 Å². The minimum absolute atomic E-state index is 0.595. The van der Waals surface area contributed by atoms with Gasteiger partial charge in [-0.25, -0.2) is 0 Å². The van der Waals surface area contributed by atoms with E-state index in [1.807, 2.05) is 36.8 Å². The summed E-state index contributed by atoms with van der Waals surface area (Å²) < 4.78 is 10.2. The number of hydrogen-bond donors (Lipinski definition) is 0. The Bertz CT molecular complexity index is 196. The van der Waals surface area contributed by atoms with Gasteiger partial charge in [0.15, 0.2) is 0 Å². The highest BCUT2D eigenvalue weighted by molar-refractivity contribution is 5.20. The Morgan fingerprint density at radius 2 is 1.92 bits per heavy atom. The summed E-state index contributed by atoms with van der Waals surface area (Å²) in [6.45, 7) is 1.23. The first-order valence-corrected chi connectivity index (χ1v) is 3.92. The summed E-state index contributed by atoms with van der Waals surface area (Å²) in [5, 5.41) is 0. The van der Waals surface area contributed by atoms with Gasteiger partial charge in [-0.05, 0) is 12.1 Å². The van der Waals surface area contributed by atoms with Gasteiger partial charge >= 0.3 is 0 Å². The molecule has 12 heavy (non-hydrogen) atoms. The molecular weight excluding hydrogens is 152 g/mol. The summed E-state index contributed by atoms with van der Waals surface area (Å²) in [7, 11) is 1.67. The lowest BCUT2D eigenvalue weighted by Gasteiger charge is -2.03. The molecule has 0 aliphatic carbocycles. The van der Waals surface area contributed by atoms with E-state index in [1.54, 1.807) is 7.11 Å². The number of methoxy groups -OCH3 is 1. The monoisotopic (exact) mass is 165 g/mol. The molecule has 0 bridgehead atoms. The Hall–Kier alpha value is -1.02. The molecule has 0 saturated heterocycles. The largest absolute Gasteiger partial charge is 0.493 e. The SMILES string of the molecule is COC[CH]COc1ccccc1. The molecule has 0 fully saturated rings. The van der Waals surface area contributed by atoms with Crippen molar-refractivity contribution in [3.63, 3.8) is 0 Å². The lowest BCUT2D eigenvalue weighted by Crippen LogP contribution is -2.01. The van der Waals surface area contributed by atoms with E-state index in [1.165, 1.54) is 0 Å². The minimum Gasteiger partial charge on any atom is -0.493 e. The van der Waals surface area contributed by atoms with Crippen molar-refractivity contribution in [3.8, 4) is 5.75 Å². The smallest absolute Gasteiger partial charge is 0.119 e. The quantitative estimate of drug-likeness (QED) is 0.620. The molecule has 0 heterocycles. The normalized spacial score (nSPS) is 9.75. The predicted octanol–water partition coefficient (Wildman–Crippen LogP) is 1.92. The predicted molar refractivity (Wildman–Crippen MR) is 48.1 cm³/mol. The van der Waals surface area contributed by atoms with Crippen LogP contribution in [0.2, 0.25) is 0 Å². The molecular formula is C10H13O2. The van der Waals surface area contributed by atoms with Crippen LogP contribution in [0.15, 0.2) is 30.3 Å². The molecule has 1 rings (SSSR count). The van der Waals surface area contributed by atoms with Gasteiger partial charge in [-0.3, -0.25) is 0 Å². The lowest BCUT2D eigenvalue weighted by atomic mass is 10.3. The second-order valence-electron chi connectivity index (χ2n) is 2.37. The molecule has 0 amide bonds. The molecule has 1 radical (unpaired) electrons. The molecule has 0 aliphatic rings. The van der Waals surface area contributed by atoms with Crippen LogP contribution in [0.25, 0.3) is 0 Å². The summed E-state index contributed by atoms with van der Waals surface area (Å²) in [5.41, 5.74) is 0. The molecule has 65 valence electrons. The fraction of sp³-hybridized carbons (Fsp3) is 0.300. The molecule has 0 aromatic heterocycles. The van der Waals surface area contributed by atoms with Gasteiger partial charge in [-0.15, -0.1) is 0 Å². The van der Waals surface area contributed by atoms with Crippen LogP contribution in [0, 0.1) is 6.42 Å². The van der Waals surface area contributed by atoms with Crippen LogP contribution >= 0.6 is 0 Å². The summed E-state index contributed by atoms with van der Waals surface area (Å²) >= 11 is 0. The third kappa shape index (κ3) is 3.39. The van der Waals surface area contributed by atoms with Crippen molar-refractivity contribution in [3.05, 3.63) is 36.8 Å². The minimum atomic E-state index is 0.595. The van der Waals surface area contributed by atoms with Gasteiger partial charge in [-0.2, -0.15) is 0 Å². The first-order valence-electron chi connectivity index (χ1n) is 3.92. The van der Waals surface area contributed by atoms with Gasteiger partial charge in [-0.1, -0.05) is 18.2 Å². The fourth-order valence-electron chi connectivity index (χ4n) is 0.838. The molecule has 0 aliphatic heterocycles. The van der Waals surface area contributed by atoms with Crippen LogP contribution in [0.3, 0.4) is 0 Å². The van der Waals surface area contributed by atoms with Crippen molar-refractivity contribution < 1.29 is 9.47 Å². The van der Waals surface area contributed by atoms with Crippen LogP contribution in [0.5, 0.6) is 5.75 Å². The van der Waals surface area contributed by atoms with Crippen LogP contribution in [-0.2, 0) is 4.74 Å². The number of hydrogen-bond acceptors (Lipinski definition) is 2. The molecule has 2 heteroatoms. The lowest BCUT2D eigenvalue weighted by molar-refractivity contribution is 0.208. The molecule has 0 saturated carbocycles. The van der Waals surface area contributed by atoms with E-state index in [2.05, 4.69) is 0 Å². The van der Waals surface area contributed by atoms with Gasteiger partial charge in [0.2, 0.25) is 0 Å². The third-order valence-corrected chi connectivity index (χ3v) is 1.40. The van der Waals surface area contributed by atoms with Gasteiger partial charge in [0.25, 0.3) is 0 Å². The molecule has 1 aromatic carbocycles. The number of benzene rings is 1. The highest BCUT2D eigenvalue weighted by Gasteiger charge is 1.90. The zero-order valence-corrected chi connectivity index (χ0v) is 7.19. The first kappa shape index (κ1) is 9.07. The maximum absolute atomic E-state index is 5.37. The highest BCUT2D eigenvalue weighted by atomic mass is 16.5. The van der Waals surface area contributed by atoms with E-state index in [4.69, 9.17) is 9.47 Å². The van der Waals surface area contributed by atoms with Crippen molar-refractivity contribution >= 4 is 0 Å². The maximum atomic E-state index is 5.37. The molecule has 0 atom stereocenters. The van der Waals surface area contributed by atoms with E-state index in [-0.39, 0.29) is 0 Å². The number of ether oxygens (including phenoxy) is 2. The van der Waals surface area contributed by atoms with Gasteiger partial charge in [0.05, 0.1) is 13.2 Å². The zero-order valence-electron chi connectivity index (χ0n) is 7.19. The van der Waals surface area contributed by atoms with E-state index in [0.717, 1.165) is 5.75 Å². The van der Waals surface area contributed by atoms with Crippen LogP contribution in [-0.4, -0.2) is 20.3 Å². The average molecular weight is 165 g/mol. The summed E-state index contributed by atoms with van der Waals surface area (Å²) in [5.74, 6) is 0.893. The number of rotatable bonds is 5. The van der Waals surface area contributed by atoms with Crippen molar-refractivity contribution in [2.24, 2.45) is 0 Å². The second-order valence-corrected chi connectivity index (χ2v) is 2.37. The third-order valence-electron chi connectivity index (χ3n) is 1.40. The first-order chi connectivity index (χ1) is 5.93. The molecule has 2 nitrogen and oxygen atoms in total.